The number of benzene rings is 2. The second kappa shape index (κ2) is 6.01. The van der Waals surface area contributed by atoms with Crippen molar-refractivity contribution in [3.63, 3.8) is 0 Å². The van der Waals surface area contributed by atoms with Gasteiger partial charge in [0.1, 0.15) is 0 Å². The van der Waals surface area contributed by atoms with Crippen molar-refractivity contribution in [3.05, 3.63) is 59.2 Å². The average Bonchev–Trinajstić information content (AvgIpc) is 2.81. The Balaban J connectivity index is 2.03. The number of hydrogen-bond acceptors (Lipinski definition) is 4. The highest BCUT2D eigenvalue weighted by Gasteiger charge is 2.37. The molecule has 1 aliphatic carbocycles. The Morgan fingerprint density at radius 2 is 1.84 bits per heavy atom. The molecular weight excluding hydrogens is 357 g/mol. The number of fused-ring (bicyclic) bond motifs is 1. The van der Waals surface area contributed by atoms with Crippen molar-refractivity contribution in [2.24, 2.45) is 5.14 Å². The zero-order chi connectivity index (χ0) is 18.4. The van der Waals surface area contributed by atoms with Crippen molar-refractivity contribution in [2.45, 2.75) is 29.6 Å². The maximum atomic E-state index is 13.3. The second-order valence-corrected chi connectivity index (χ2v) is 7.40. The molecule has 0 amide bonds. The Morgan fingerprint density at radius 3 is 2.48 bits per heavy atom. The minimum Gasteiger partial charge on any atom is -0.390 e. The zero-order valence-corrected chi connectivity index (χ0v) is 13.6. The number of hydrogen-bond donors (Lipinski definition) is 3. The molecule has 9 heteroatoms. The van der Waals surface area contributed by atoms with Crippen molar-refractivity contribution in [3.8, 4) is 0 Å². The second-order valence-electron chi connectivity index (χ2n) is 5.84. The van der Waals surface area contributed by atoms with Crippen LogP contribution in [0.2, 0.25) is 0 Å². The van der Waals surface area contributed by atoms with Gasteiger partial charge in [-0.1, -0.05) is 24.3 Å². The van der Waals surface area contributed by atoms with E-state index >= 15 is 0 Å². The summed E-state index contributed by atoms with van der Waals surface area (Å²) in [6.45, 7) is 0. The average molecular weight is 372 g/mol. The van der Waals surface area contributed by atoms with Gasteiger partial charge in [-0.15, -0.1) is 0 Å². The molecule has 0 aromatic heterocycles. The lowest BCUT2D eigenvalue weighted by Gasteiger charge is -2.22. The Kier molecular flexibility index (Phi) is 4.26. The Labute approximate surface area is 142 Å². The fourth-order valence-electron chi connectivity index (χ4n) is 2.98. The van der Waals surface area contributed by atoms with Gasteiger partial charge in [-0.2, -0.15) is 13.2 Å². The summed E-state index contributed by atoms with van der Waals surface area (Å²) in [4.78, 5) is -0.627. The summed E-state index contributed by atoms with van der Waals surface area (Å²) in [6.07, 6.45) is -5.35. The van der Waals surface area contributed by atoms with E-state index in [1.165, 1.54) is 0 Å². The standard InChI is InChI=1S/C16H15F3N2O3S/c17-16(18,19)12-8-10(25(20,23)24)5-6-13(12)21-15-11-4-2-1-3-9(11)7-14(15)22/h1-6,8,14-15,21-22H,7H2,(H2,20,23,24)/t14-,15+/m1/s1. The number of nitrogens with one attached hydrogen (secondary N) is 1. The van der Waals surface area contributed by atoms with E-state index < -0.39 is 38.8 Å². The van der Waals surface area contributed by atoms with E-state index in [4.69, 9.17) is 5.14 Å². The summed E-state index contributed by atoms with van der Waals surface area (Å²) in [5.41, 5.74) is 0.0807. The predicted octanol–water partition coefficient (Wildman–Crippen LogP) is 2.42. The van der Waals surface area contributed by atoms with Crippen LogP contribution in [0.1, 0.15) is 22.7 Å². The third-order valence-electron chi connectivity index (χ3n) is 4.14. The molecule has 2 atom stereocenters. The third-order valence-corrected chi connectivity index (χ3v) is 5.05. The van der Waals surface area contributed by atoms with E-state index in [1.54, 1.807) is 24.3 Å². The summed E-state index contributed by atoms with van der Waals surface area (Å²) in [7, 11) is -4.27. The van der Waals surface area contributed by atoms with Crippen LogP contribution in [0.25, 0.3) is 0 Å². The Bertz CT molecular complexity index is 913. The van der Waals surface area contributed by atoms with Crippen molar-refractivity contribution in [1.82, 2.24) is 0 Å². The SMILES string of the molecule is NS(=O)(=O)c1ccc(N[C@H]2c3ccccc3C[C@H]2O)c(C(F)(F)F)c1. The number of alkyl halides is 3. The van der Waals surface area contributed by atoms with Gasteiger partial charge in [0.2, 0.25) is 10.0 Å². The highest BCUT2D eigenvalue weighted by molar-refractivity contribution is 7.89. The van der Waals surface area contributed by atoms with E-state index in [2.05, 4.69) is 5.32 Å². The molecule has 0 spiro atoms. The summed E-state index contributed by atoms with van der Waals surface area (Å²) in [5, 5.41) is 17.8. The van der Waals surface area contributed by atoms with E-state index in [-0.39, 0.29) is 5.69 Å². The van der Waals surface area contributed by atoms with E-state index in [1.807, 2.05) is 0 Å². The molecular formula is C16H15F3N2O3S. The Morgan fingerprint density at radius 1 is 1.16 bits per heavy atom. The lowest BCUT2D eigenvalue weighted by atomic mass is 10.1. The number of primary sulfonamides is 1. The first-order chi connectivity index (χ1) is 11.6. The number of halogens is 3. The van der Waals surface area contributed by atoms with Crippen molar-refractivity contribution in [1.29, 1.82) is 0 Å². The van der Waals surface area contributed by atoms with Crippen LogP contribution in [-0.4, -0.2) is 19.6 Å². The monoisotopic (exact) mass is 372 g/mol. The molecule has 0 aliphatic heterocycles. The van der Waals surface area contributed by atoms with Crippen LogP contribution in [-0.2, 0) is 22.6 Å². The molecule has 0 saturated carbocycles. The minimum atomic E-state index is -4.79. The number of rotatable bonds is 3. The van der Waals surface area contributed by atoms with Crippen molar-refractivity contribution >= 4 is 15.7 Å². The molecule has 2 aromatic carbocycles. The summed E-state index contributed by atoms with van der Waals surface area (Å²) in [6, 6.07) is 8.83. The van der Waals surface area contributed by atoms with Gasteiger partial charge in [-0.05, 0) is 29.3 Å². The highest BCUT2D eigenvalue weighted by atomic mass is 32.2. The van der Waals surface area contributed by atoms with Crippen LogP contribution in [0.4, 0.5) is 18.9 Å². The van der Waals surface area contributed by atoms with Crippen molar-refractivity contribution in [2.75, 3.05) is 5.32 Å². The molecule has 0 unspecified atom stereocenters. The van der Waals surface area contributed by atoms with Gasteiger partial charge in [0, 0.05) is 12.1 Å². The lowest BCUT2D eigenvalue weighted by molar-refractivity contribution is -0.137. The fourth-order valence-corrected chi connectivity index (χ4v) is 3.52. The first-order valence-electron chi connectivity index (χ1n) is 7.34. The topological polar surface area (TPSA) is 92.4 Å². The fraction of sp³-hybridized carbons (Fsp3) is 0.250. The van der Waals surface area contributed by atoms with Gasteiger partial charge < -0.3 is 10.4 Å². The summed E-state index contributed by atoms with van der Waals surface area (Å²) >= 11 is 0. The number of sulfonamides is 1. The molecule has 0 fully saturated rings. The lowest BCUT2D eigenvalue weighted by Crippen LogP contribution is -2.23. The molecule has 0 bridgehead atoms. The van der Waals surface area contributed by atoms with E-state index in [9.17, 15) is 26.7 Å². The smallest absolute Gasteiger partial charge is 0.390 e. The normalized spacial score (nSPS) is 20.4. The number of anilines is 1. The molecule has 0 heterocycles. The van der Waals surface area contributed by atoms with Gasteiger partial charge >= 0.3 is 6.18 Å². The van der Waals surface area contributed by atoms with Crippen LogP contribution in [0.3, 0.4) is 0 Å². The van der Waals surface area contributed by atoms with Gasteiger partial charge in [0.15, 0.2) is 0 Å². The van der Waals surface area contributed by atoms with Crippen molar-refractivity contribution < 1.29 is 26.7 Å². The van der Waals surface area contributed by atoms with Crippen LogP contribution in [0.15, 0.2) is 47.4 Å². The molecule has 1 aliphatic rings. The quantitative estimate of drug-likeness (QED) is 0.772. The van der Waals surface area contributed by atoms with Gasteiger partial charge in [-0.25, -0.2) is 13.6 Å². The van der Waals surface area contributed by atoms with Gasteiger partial charge in [0.05, 0.1) is 22.6 Å². The van der Waals surface area contributed by atoms with E-state index in [0.717, 1.165) is 17.7 Å². The number of nitrogens with two attached hydrogens (primary N) is 1. The first-order valence-corrected chi connectivity index (χ1v) is 8.88. The molecule has 25 heavy (non-hydrogen) atoms. The maximum Gasteiger partial charge on any atom is 0.418 e. The third kappa shape index (κ3) is 3.48. The van der Waals surface area contributed by atoms with Crippen LogP contribution < -0.4 is 10.5 Å². The molecule has 3 rings (SSSR count). The first kappa shape index (κ1) is 17.7. The van der Waals surface area contributed by atoms with Crippen LogP contribution in [0, 0.1) is 0 Å². The number of aliphatic hydroxyl groups excluding tert-OH is 1. The minimum absolute atomic E-state index is 0.319. The van der Waals surface area contributed by atoms with Crippen LogP contribution >= 0.6 is 0 Å². The van der Waals surface area contributed by atoms with E-state index in [0.29, 0.717) is 18.1 Å². The predicted molar refractivity (Wildman–Crippen MR) is 85.3 cm³/mol. The number of aliphatic hydroxyl groups is 1. The molecule has 0 radical (unpaired) electrons. The van der Waals surface area contributed by atoms with Gasteiger partial charge in [-0.3, -0.25) is 0 Å². The van der Waals surface area contributed by atoms with Crippen LogP contribution in [0.5, 0.6) is 0 Å². The zero-order valence-electron chi connectivity index (χ0n) is 12.8. The molecule has 2 aromatic rings. The Hall–Kier alpha value is -2.10. The van der Waals surface area contributed by atoms with Gasteiger partial charge in [0.25, 0.3) is 0 Å². The molecule has 0 saturated heterocycles. The molecule has 134 valence electrons. The maximum absolute atomic E-state index is 13.3. The highest BCUT2D eigenvalue weighted by Crippen LogP contribution is 2.40. The summed E-state index contributed by atoms with van der Waals surface area (Å²) in [5.74, 6) is 0. The largest absolute Gasteiger partial charge is 0.418 e. The molecule has 5 nitrogen and oxygen atoms in total. The molecule has 4 N–H and O–H groups in total. The summed E-state index contributed by atoms with van der Waals surface area (Å²) < 4.78 is 62.7.